The summed E-state index contributed by atoms with van der Waals surface area (Å²) in [6.07, 6.45) is -4.79. The minimum absolute atomic E-state index is 0.177. The molecule has 98 valence electrons. The molecule has 0 radical (unpaired) electrons. The number of hydrogen-bond donors (Lipinski definition) is 0. The fourth-order valence-electron chi connectivity index (χ4n) is 1.17. The van der Waals surface area contributed by atoms with Crippen molar-refractivity contribution in [2.24, 2.45) is 0 Å². The molecule has 0 saturated carbocycles. The molecule has 0 unspecified atom stereocenters. The zero-order chi connectivity index (χ0) is 14.1. The average Bonchev–Trinajstić information content (AvgIpc) is 2.27. The van der Waals surface area contributed by atoms with E-state index in [0.717, 1.165) is 0 Å². The molecule has 0 bridgehead atoms. The number of rotatable bonds is 3. The molecule has 1 aromatic rings. The zero-order valence-electron chi connectivity index (χ0n) is 8.64. The summed E-state index contributed by atoms with van der Waals surface area (Å²) in [6.45, 7) is 2.95. The monoisotopic (exact) mass is 281 g/mol. The lowest BCUT2D eigenvalue weighted by Crippen LogP contribution is -2.08. The summed E-state index contributed by atoms with van der Waals surface area (Å²) in [6, 6.07) is 1.18. The van der Waals surface area contributed by atoms with Crippen molar-refractivity contribution >= 4 is 15.5 Å². The highest BCUT2D eigenvalue weighted by Crippen LogP contribution is 2.34. The van der Waals surface area contributed by atoms with Gasteiger partial charge >= 0.3 is 6.18 Å². The number of hydrogen-bond acceptors (Lipinski definition) is 4. The molecule has 1 rings (SSSR count). The standard InChI is InChI=1S/C9H6F3NO4S/c1-2-18(16,17)8-4-3-6(9(10,11)12)5-7(8)13(14)15/h2-5H,1H2. The Morgan fingerprint density at radius 3 is 2.28 bits per heavy atom. The predicted octanol–water partition coefficient (Wildman–Crippen LogP) is 2.53. The first kappa shape index (κ1) is 14.2. The van der Waals surface area contributed by atoms with E-state index in [1.165, 1.54) is 0 Å². The van der Waals surface area contributed by atoms with Crippen LogP contribution in [0.4, 0.5) is 18.9 Å². The van der Waals surface area contributed by atoms with Gasteiger partial charge in [-0.25, -0.2) is 8.42 Å². The molecule has 0 aliphatic carbocycles. The Kier molecular flexibility index (Phi) is 3.47. The maximum absolute atomic E-state index is 12.3. The third-order valence-electron chi connectivity index (χ3n) is 2.01. The summed E-state index contributed by atoms with van der Waals surface area (Å²) in [4.78, 5) is 8.59. The summed E-state index contributed by atoms with van der Waals surface area (Å²) in [5, 5.41) is 11.0. The molecule has 0 aliphatic heterocycles. The summed E-state index contributed by atoms with van der Waals surface area (Å²) < 4.78 is 59.8. The van der Waals surface area contributed by atoms with Crippen LogP contribution in [0.5, 0.6) is 0 Å². The summed E-state index contributed by atoms with van der Waals surface area (Å²) in [5.41, 5.74) is -2.43. The quantitative estimate of drug-likeness (QED) is 0.630. The van der Waals surface area contributed by atoms with Crippen LogP contribution in [0.2, 0.25) is 0 Å². The Labute approximate surface area is 99.6 Å². The molecule has 0 aromatic heterocycles. The van der Waals surface area contributed by atoms with Crippen molar-refractivity contribution in [3.63, 3.8) is 0 Å². The highest BCUT2D eigenvalue weighted by molar-refractivity contribution is 7.94. The van der Waals surface area contributed by atoms with Gasteiger partial charge in [0.25, 0.3) is 5.69 Å². The van der Waals surface area contributed by atoms with E-state index in [9.17, 15) is 31.7 Å². The molecule has 1 aromatic carbocycles. The van der Waals surface area contributed by atoms with Gasteiger partial charge in [-0.15, -0.1) is 0 Å². The lowest BCUT2D eigenvalue weighted by atomic mass is 10.2. The highest BCUT2D eigenvalue weighted by Gasteiger charge is 2.34. The number of sulfone groups is 1. The Hall–Kier alpha value is -1.90. The molecular formula is C9H6F3NO4S. The maximum Gasteiger partial charge on any atom is 0.416 e. The normalized spacial score (nSPS) is 12.2. The minimum Gasteiger partial charge on any atom is -0.258 e. The fourth-order valence-corrected chi connectivity index (χ4v) is 2.03. The van der Waals surface area contributed by atoms with Gasteiger partial charge < -0.3 is 0 Å². The van der Waals surface area contributed by atoms with Crippen LogP contribution in [0.15, 0.2) is 35.1 Å². The van der Waals surface area contributed by atoms with Crippen molar-refractivity contribution in [1.29, 1.82) is 0 Å². The van der Waals surface area contributed by atoms with Crippen LogP contribution in [0.3, 0.4) is 0 Å². The lowest BCUT2D eigenvalue weighted by molar-refractivity contribution is -0.388. The van der Waals surface area contributed by atoms with Crippen LogP contribution >= 0.6 is 0 Å². The fraction of sp³-hybridized carbons (Fsp3) is 0.111. The van der Waals surface area contributed by atoms with E-state index in [0.29, 0.717) is 17.5 Å². The third kappa shape index (κ3) is 2.67. The molecule has 0 fully saturated rings. The van der Waals surface area contributed by atoms with Crippen molar-refractivity contribution in [2.75, 3.05) is 0 Å². The molecule has 5 nitrogen and oxygen atoms in total. The molecule has 0 spiro atoms. The smallest absolute Gasteiger partial charge is 0.258 e. The van der Waals surface area contributed by atoms with Crippen molar-refractivity contribution in [1.82, 2.24) is 0 Å². The van der Waals surface area contributed by atoms with E-state index >= 15 is 0 Å². The topological polar surface area (TPSA) is 77.3 Å². The first-order valence-corrected chi connectivity index (χ1v) is 5.87. The van der Waals surface area contributed by atoms with Gasteiger partial charge in [0.15, 0.2) is 0 Å². The van der Waals surface area contributed by atoms with E-state index in [2.05, 4.69) is 6.58 Å². The van der Waals surface area contributed by atoms with Crippen LogP contribution in [0, 0.1) is 10.1 Å². The number of nitrogens with zero attached hydrogens (tertiary/aromatic N) is 1. The van der Waals surface area contributed by atoms with E-state index in [1.807, 2.05) is 0 Å². The van der Waals surface area contributed by atoms with Crippen molar-refractivity contribution in [2.45, 2.75) is 11.1 Å². The van der Waals surface area contributed by atoms with E-state index in [1.54, 1.807) is 0 Å². The van der Waals surface area contributed by atoms with Gasteiger partial charge in [0, 0.05) is 11.5 Å². The number of alkyl halides is 3. The Balaban J connectivity index is 3.59. The lowest BCUT2D eigenvalue weighted by Gasteiger charge is -2.07. The Morgan fingerprint density at radius 2 is 1.89 bits per heavy atom. The van der Waals surface area contributed by atoms with Crippen molar-refractivity contribution in [3.05, 3.63) is 45.9 Å². The minimum atomic E-state index is -4.79. The second-order valence-electron chi connectivity index (χ2n) is 3.15. The SMILES string of the molecule is C=CS(=O)(=O)c1ccc(C(F)(F)F)cc1[N+](=O)[O-]. The Bertz CT molecular complexity index is 607. The summed E-state index contributed by atoms with van der Waals surface area (Å²) >= 11 is 0. The number of halogens is 3. The Morgan fingerprint density at radius 1 is 1.33 bits per heavy atom. The van der Waals surface area contributed by atoms with Crippen LogP contribution in [-0.2, 0) is 16.0 Å². The van der Waals surface area contributed by atoms with Crippen LogP contribution in [0.25, 0.3) is 0 Å². The van der Waals surface area contributed by atoms with Gasteiger partial charge in [-0.1, -0.05) is 6.58 Å². The number of nitro groups is 1. The first-order valence-electron chi connectivity index (χ1n) is 4.33. The second kappa shape index (κ2) is 4.41. The molecule has 0 heterocycles. The molecule has 0 aliphatic rings. The molecule has 18 heavy (non-hydrogen) atoms. The van der Waals surface area contributed by atoms with Gasteiger partial charge in [0.1, 0.15) is 4.90 Å². The van der Waals surface area contributed by atoms with Crippen LogP contribution in [-0.4, -0.2) is 13.3 Å². The molecule has 0 N–H and O–H groups in total. The zero-order valence-corrected chi connectivity index (χ0v) is 9.46. The number of benzene rings is 1. The molecule has 0 atom stereocenters. The summed E-state index contributed by atoms with van der Waals surface area (Å²) in [7, 11) is -4.18. The molecule has 0 amide bonds. The van der Waals surface area contributed by atoms with E-state index < -0.39 is 37.1 Å². The largest absolute Gasteiger partial charge is 0.416 e. The van der Waals surface area contributed by atoms with E-state index in [4.69, 9.17) is 0 Å². The number of nitro benzene ring substituents is 1. The van der Waals surface area contributed by atoms with Gasteiger partial charge in [0.2, 0.25) is 9.84 Å². The average molecular weight is 281 g/mol. The second-order valence-corrected chi connectivity index (χ2v) is 5.01. The van der Waals surface area contributed by atoms with Gasteiger partial charge in [0.05, 0.1) is 10.5 Å². The van der Waals surface area contributed by atoms with Crippen molar-refractivity contribution in [3.8, 4) is 0 Å². The van der Waals surface area contributed by atoms with Gasteiger partial charge in [-0.2, -0.15) is 13.2 Å². The molecule has 9 heteroatoms. The van der Waals surface area contributed by atoms with Crippen LogP contribution < -0.4 is 0 Å². The van der Waals surface area contributed by atoms with E-state index in [-0.39, 0.29) is 6.07 Å². The molecule has 0 saturated heterocycles. The maximum atomic E-state index is 12.3. The van der Waals surface area contributed by atoms with Gasteiger partial charge in [-0.05, 0) is 12.1 Å². The van der Waals surface area contributed by atoms with Gasteiger partial charge in [-0.3, -0.25) is 10.1 Å². The predicted molar refractivity (Wildman–Crippen MR) is 55.5 cm³/mol. The highest BCUT2D eigenvalue weighted by atomic mass is 32.2. The van der Waals surface area contributed by atoms with Crippen molar-refractivity contribution < 1.29 is 26.5 Å². The first-order chi connectivity index (χ1) is 8.09. The van der Waals surface area contributed by atoms with Crippen LogP contribution in [0.1, 0.15) is 5.56 Å². The molecular weight excluding hydrogens is 275 g/mol. The third-order valence-corrected chi connectivity index (χ3v) is 3.41. The summed E-state index contributed by atoms with van der Waals surface area (Å²) in [5.74, 6) is 0.